The van der Waals surface area contributed by atoms with E-state index in [2.05, 4.69) is 4.98 Å². The van der Waals surface area contributed by atoms with Crippen molar-refractivity contribution in [1.29, 1.82) is 5.26 Å². The second kappa shape index (κ2) is 5.39. The number of aromatic nitrogens is 1. The number of H-pyrrole nitrogens is 1. The van der Waals surface area contributed by atoms with E-state index in [0.717, 1.165) is 0 Å². The molecule has 96 valence electrons. The summed E-state index contributed by atoms with van der Waals surface area (Å²) in [5.41, 5.74) is 0.536. The number of nitriles is 1. The highest BCUT2D eigenvalue weighted by Gasteiger charge is 2.15. The molecular formula is C13H8ClFN2OS. The molecule has 1 aromatic heterocycles. The van der Waals surface area contributed by atoms with Crippen LogP contribution in [-0.4, -0.2) is 4.98 Å². The van der Waals surface area contributed by atoms with Crippen LogP contribution in [0.2, 0.25) is 5.02 Å². The van der Waals surface area contributed by atoms with Gasteiger partial charge in [0, 0.05) is 6.20 Å². The number of ether oxygens (including phenoxy) is 1. The topological polar surface area (TPSA) is 48.8 Å². The van der Waals surface area contributed by atoms with Crippen molar-refractivity contribution in [3.8, 4) is 17.6 Å². The van der Waals surface area contributed by atoms with Crippen LogP contribution in [0.25, 0.3) is 0 Å². The predicted molar refractivity (Wildman–Crippen MR) is 72.6 cm³/mol. The standard InChI is InChI=1S/C13H8ClFN2OS/c1-7-2-3-9(14)12(11(7)15)18-10-4-5-17-13(19)8(10)6-16/h2-5H,1H3,(H,17,19). The van der Waals surface area contributed by atoms with E-state index in [1.165, 1.54) is 18.3 Å². The number of aryl methyl sites for hydroxylation is 1. The fourth-order valence-corrected chi connectivity index (χ4v) is 1.88. The second-order valence-electron chi connectivity index (χ2n) is 3.77. The van der Waals surface area contributed by atoms with Crippen LogP contribution < -0.4 is 4.74 Å². The van der Waals surface area contributed by atoms with Crippen LogP contribution in [0, 0.1) is 28.7 Å². The minimum Gasteiger partial charge on any atom is -0.451 e. The zero-order valence-corrected chi connectivity index (χ0v) is 11.4. The van der Waals surface area contributed by atoms with Crippen LogP contribution in [0.4, 0.5) is 4.39 Å². The van der Waals surface area contributed by atoms with Gasteiger partial charge in [-0.05, 0) is 24.6 Å². The third kappa shape index (κ3) is 2.60. The SMILES string of the molecule is Cc1ccc(Cl)c(Oc2cc[nH]c(=S)c2C#N)c1F. The number of hydrogen-bond acceptors (Lipinski definition) is 3. The third-order valence-corrected chi connectivity index (χ3v) is 3.11. The maximum Gasteiger partial charge on any atom is 0.181 e. The summed E-state index contributed by atoms with van der Waals surface area (Å²) in [4.78, 5) is 2.70. The molecule has 1 aromatic carbocycles. The highest BCUT2D eigenvalue weighted by molar-refractivity contribution is 7.71. The first-order valence-corrected chi connectivity index (χ1v) is 6.07. The minimum absolute atomic E-state index is 0.112. The number of aromatic amines is 1. The summed E-state index contributed by atoms with van der Waals surface area (Å²) in [5.74, 6) is -0.508. The molecule has 1 heterocycles. The first-order chi connectivity index (χ1) is 9.04. The number of hydrogen-bond donors (Lipinski definition) is 1. The largest absolute Gasteiger partial charge is 0.451 e. The van der Waals surface area contributed by atoms with Gasteiger partial charge in [0.15, 0.2) is 11.6 Å². The molecule has 0 atom stereocenters. The highest BCUT2D eigenvalue weighted by atomic mass is 35.5. The Kier molecular flexibility index (Phi) is 3.84. The molecule has 2 rings (SSSR count). The normalized spacial score (nSPS) is 10.0. The van der Waals surface area contributed by atoms with E-state index in [0.29, 0.717) is 5.56 Å². The zero-order valence-electron chi connectivity index (χ0n) is 9.83. The fourth-order valence-electron chi connectivity index (χ4n) is 1.49. The predicted octanol–water partition coefficient (Wildman–Crippen LogP) is 4.51. The van der Waals surface area contributed by atoms with Crippen LogP contribution in [-0.2, 0) is 0 Å². The molecule has 6 heteroatoms. The van der Waals surface area contributed by atoms with E-state index < -0.39 is 5.82 Å². The molecule has 19 heavy (non-hydrogen) atoms. The van der Waals surface area contributed by atoms with Gasteiger partial charge in [0.2, 0.25) is 0 Å². The second-order valence-corrected chi connectivity index (χ2v) is 4.58. The van der Waals surface area contributed by atoms with Crippen molar-refractivity contribution in [1.82, 2.24) is 4.98 Å². The molecule has 0 fully saturated rings. The van der Waals surface area contributed by atoms with Crippen molar-refractivity contribution < 1.29 is 9.13 Å². The Morgan fingerprint density at radius 3 is 2.84 bits per heavy atom. The fraction of sp³-hybridized carbons (Fsp3) is 0.0769. The lowest BCUT2D eigenvalue weighted by Gasteiger charge is -2.11. The molecule has 0 aliphatic rings. The highest BCUT2D eigenvalue weighted by Crippen LogP contribution is 2.34. The van der Waals surface area contributed by atoms with Gasteiger partial charge in [0.1, 0.15) is 22.0 Å². The number of rotatable bonds is 2. The van der Waals surface area contributed by atoms with Crippen LogP contribution in [0.1, 0.15) is 11.1 Å². The summed E-state index contributed by atoms with van der Waals surface area (Å²) in [5, 5.41) is 9.16. The van der Waals surface area contributed by atoms with Gasteiger partial charge in [-0.25, -0.2) is 4.39 Å². The smallest absolute Gasteiger partial charge is 0.181 e. The first kappa shape index (κ1) is 13.5. The van der Waals surface area contributed by atoms with Crippen molar-refractivity contribution in [3.05, 3.63) is 51.0 Å². The first-order valence-electron chi connectivity index (χ1n) is 5.29. The lowest BCUT2D eigenvalue weighted by molar-refractivity contribution is 0.438. The number of benzene rings is 1. The lowest BCUT2D eigenvalue weighted by atomic mass is 10.2. The molecule has 0 saturated carbocycles. The summed E-state index contributed by atoms with van der Waals surface area (Å²) in [6.07, 6.45) is 1.51. The van der Waals surface area contributed by atoms with Crippen LogP contribution in [0.3, 0.4) is 0 Å². The van der Waals surface area contributed by atoms with Crippen LogP contribution in [0.15, 0.2) is 24.4 Å². The summed E-state index contributed by atoms with van der Waals surface area (Å²) < 4.78 is 19.6. The zero-order chi connectivity index (χ0) is 14.0. The summed E-state index contributed by atoms with van der Waals surface area (Å²) >= 11 is 10.9. The van der Waals surface area contributed by atoms with Crippen LogP contribution in [0.5, 0.6) is 11.5 Å². The molecular weight excluding hydrogens is 287 g/mol. The lowest BCUT2D eigenvalue weighted by Crippen LogP contribution is -1.95. The van der Waals surface area contributed by atoms with E-state index in [1.807, 2.05) is 6.07 Å². The monoisotopic (exact) mass is 294 g/mol. The average Bonchev–Trinajstić information content (AvgIpc) is 2.39. The van der Waals surface area contributed by atoms with Gasteiger partial charge in [-0.2, -0.15) is 5.26 Å². The van der Waals surface area contributed by atoms with E-state index in [1.54, 1.807) is 13.0 Å². The Balaban J connectivity index is 2.55. The van der Waals surface area contributed by atoms with Crippen molar-refractivity contribution in [2.75, 3.05) is 0 Å². The number of halogens is 2. The molecule has 0 bridgehead atoms. The van der Waals surface area contributed by atoms with Gasteiger partial charge in [-0.1, -0.05) is 29.9 Å². The Bertz CT molecular complexity index is 736. The Hall–Kier alpha value is -1.90. The maximum atomic E-state index is 14.0. The molecule has 0 aliphatic heterocycles. The Morgan fingerprint density at radius 2 is 2.16 bits per heavy atom. The van der Waals surface area contributed by atoms with Gasteiger partial charge in [-0.15, -0.1) is 0 Å². The Labute approximate surface area is 119 Å². The summed E-state index contributed by atoms with van der Waals surface area (Å²) in [7, 11) is 0. The van der Waals surface area contributed by atoms with Crippen molar-refractivity contribution in [2.45, 2.75) is 6.92 Å². The van der Waals surface area contributed by atoms with Crippen molar-refractivity contribution >= 4 is 23.8 Å². The molecule has 0 aliphatic carbocycles. The maximum absolute atomic E-state index is 14.0. The van der Waals surface area contributed by atoms with E-state index in [9.17, 15) is 4.39 Å². The molecule has 0 spiro atoms. The van der Waals surface area contributed by atoms with E-state index in [-0.39, 0.29) is 26.7 Å². The Morgan fingerprint density at radius 1 is 1.42 bits per heavy atom. The quantitative estimate of drug-likeness (QED) is 0.829. The molecule has 0 saturated heterocycles. The molecule has 1 N–H and O–H groups in total. The molecule has 2 aromatic rings. The molecule has 0 radical (unpaired) electrons. The number of nitrogens with zero attached hydrogens (tertiary/aromatic N) is 1. The van der Waals surface area contributed by atoms with Gasteiger partial charge >= 0.3 is 0 Å². The molecule has 0 unspecified atom stereocenters. The van der Waals surface area contributed by atoms with Crippen LogP contribution >= 0.6 is 23.8 Å². The number of pyridine rings is 1. The number of nitrogens with one attached hydrogen (secondary N) is 1. The van der Waals surface area contributed by atoms with Crippen molar-refractivity contribution in [3.63, 3.8) is 0 Å². The average molecular weight is 295 g/mol. The van der Waals surface area contributed by atoms with Crippen molar-refractivity contribution in [2.24, 2.45) is 0 Å². The van der Waals surface area contributed by atoms with E-state index in [4.69, 9.17) is 33.8 Å². The van der Waals surface area contributed by atoms with E-state index >= 15 is 0 Å². The third-order valence-electron chi connectivity index (χ3n) is 2.49. The summed E-state index contributed by atoms with van der Waals surface area (Å²) in [6.45, 7) is 1.60. The van der Waals surface area contributed by atoms with Gasteiger partial charge in [0.05, 0.1) is 5.02 Å². The van der Waals surface area contributed by atoms with Gasteiger partial charge < -0.3 is 9.72 Å². The van der Waals surface area contributed by atoms with Gasteiger partial charge in [-0.3, -0.25) is 0 Å². The summed E-state index contributed by atoms with van der Waals surface area (Å²) in [6, 6.07) is 6.49. The minimum atomic E-state index is -0.560. The van der Waals surface area contributed by atoms with Gasteiger partial charge in [0.25, 0.3) is 0 Å². The molecule has 0 amide bonds. The molecule has 3 nitrogen and oxygen atoms in total.